The lowest BCUT2D eigenvalue weighted by molar-refractivity contribution is -0.131. The molecule has 0 aromatic carbocycles. The summed E-state index contributed by atoms with van der Waals surface area (Å²) in [4.78, 5) is 12.5. The van der Waals surface area contributed by atoms with Crippen LogP contribution in [-0.4, -0.2) is 46.1 Å². The number of aliphatic hydroxyl groups excluding tert-OH is 3. The summed E-state index contributed by atoms with van der Waals surface area (Å²) in [5.41, 5.74) is 0. The van der Waals surface area contributed by atoms with Crippen molar-refractivity contribution in [1.82, 2.24) is 5.32 Å². The first-order valence-electron chi connectivity index (χ1n) is 24.0. The third-order valence-corrected chi connectivity index (χ3v) is 11.4. The van der Waals surface area contributed by atoms with Crippen molar-refractivity contribution in [2.24, 2.45) is 0 Å². The van der Waals surface area contributed by atoms with Crippen LogP contribution in [0.1, 0.15) is 264 Å². The summed E-state index contributed by atoms with van der Waals surface area (Å²) in [6.07, 6.45) is 52.5. The van der Waals surface area contributed by atoms with E-state index in [1.54, 1.807) is 6.08 Å². The van der Waals surface area contributed by atoms with E-state index < -0.39 is 24.2 Å². The van der Waals surface area contributed by atoms with Crippen LogP contribution in [0.15, 0.2) is 12.2 Å². The standard InChI is InChI=1S/C48H95NO4/c1-3-5-7-9-11-13-15-17-19-21-23-24-25-27-28-30-32-34-36-38-40-42-46(51)45(44-50)49-48(53)47(52)43-41-39-37-35-33-31-29-26-22-20-18-16-14-12-10-8-6-4-2/h40,42,45-47,50-52H,3-39,41,43-44H2,1-2H3,(H,49,53)/b42-40+. The Bertz CT molecular complexity index is 743. The van der Waals surface area contributed by atoms with Crippen LogP contribution in [0.3, 0.4) is 0 Å². The molecular formula is C48H95NO4. The molecule has 3 atom stereocenters. The van der Waals surface area contributed by atoms with E-state index in [0.29, 0.717) is 6.42 Å². The lowest BCUT2D eigenvalue weighted by Gasteiger charge is -2.21. The topological polar surface area (TPSA) is 89.8 Å². The summed E-state index contributed by atoms with van der Waals surface area (Å²) in [7, 11) is 0. The molecule has 5 nitrogen and oxygen atoms in total. The zero-order valence-electron chi connectivity index (χ0n) is 35.9. The number of amides is 1. The van der Waals surface area contributed by atoms with E-state index in [9.17, 15) is 20.1 Å². The summed E-state index contributed by atoms with van der Waals surface area (Å²) in [5, 5.41) is 33.2. The second kappa shape index (κ2) is 43.8. The minimum Gasteiger partial charge on any atom is -0.394 e. The summed E-state index contributed by atoms with van der Waals surface area (Å²) >= 11 is 0. The molecule has 0 fully saturated rings. The van der Waals surface area contributed by atoms with E-state index in [0.717, 1.165) is 32.1 Å². The summed E-state index contributed by atoms with van der Waals surface area (Å²) in [6, 6.07) is -0.793. The minimum atomic E-state index is -1.09. The molecule has 5 heteroatoms. The van der Waals surface area contributed by atoms with Crippen molar-refractivity contribution in [3.63, 3.8) is 0 Å². The molecule has 0 heterocycles. The maximum Gasteiger partial charge on any atom is 0.249 e. The molecular weight excluding hydrogens is 655 g/mol. The Morgan fingerprint density at radius 1 is 0.453 bits per heavy atom. The van der Waals surface area contributed by atoms with Gasteiger partial charge in [-0.15, -0.1) is 0 Å². The van der Waals surface area contributed by atoms with Crippen molar-refractivity contribution in [1.29, 1.82) is 0 Å². The number of allylic oxidation sites excluding steroid dienone is 1. The largest absolute Gasteiger partial charge is 0.394 e. The third-order valence-electron chi connectivity index (χ3n) is 11.4. The van der Waals surface area contributed by atoms with E-state index in [1.807, 2.05) is 6.08 Å². The lowest BCUT2D eigenvalue weighted by atomic mass is 10.0. The monoisotopic (exact) mass is 750 g/mol. The first-order chi connectivity index (χ1) is 26.1. The fourth-order valence-electron chi connectivity index (χ4n) is 7.60. The zero-order chi connectivity index (χ0) is 38.7. The van der Waals surface area contributed by atoms with Crippen molar-refractivity contribution in [3.8, 4) is 0 Å². The van der Waals surface area contributed by atoms with Crippen LogP contribution in [0.2, 0.25) is 0 Å². The van der Waals surface area contributed by atoms with Gasteiger partial charge in [-0.25, -0.2) is 0 Å². The van der Waals surface area contributed by atoms with Crippen LogP contribution >= 0.6 is 0 Å². The van der Waals surface area contributed by atoms with E-state index >= 15 is 0 Å². The van der Waals surface area contributed by atoms with E-state index in [-0.39, 0.29) is 6.61 Å². The highest BCUT2D eigenvalue weighted by molar-refractivity contribution is 5.80. The van der Waals surface area contributed by atoms with Crippen LogP contribution in [-0.2, 0) is 4.79 Å². The van der Waals surface area contributed by atoms with Gasteiger partial charge in [0.05, 0.1) is 18.8 Å². The molecule has 0 saturated heterocycles. The first-order valence-corrected chi connectivity index (χ1v) is 24.0. The number of carbonyl (C=O) groups is 1. The molecule has 1 amide bonds. The number of rotatable bonds is 44. The Kier molecular flexibility index (Phi) is 43.1. The molecule has 0 spiro atoms. The van der Waals surface area contributed by atoms with Gasteiger partial charge in [-0.3, -0.25) is 4.79 Å². The van der Waals surface area contributed by atoms with E-state index in [2.05, 4.69) is 19.2 Å². The molecule has 0 aromatic heterocycles. The number of carbonyl (C=O) groups excluding carboxylic acids is 1. The van der Waals surface area contributed by atoms with Crippen LogP contribution in [0.5, 0.6) is 0 Å². The van der Waals surface area contributed by atoms with Crippen molar-refractivity contribution in [3.05, 3.63) is 12.2 Å². The maximum absolute atomic E-state index is 12.5. The van der Waals surface area contributed by atoms with Gasteiger partial charge in [0.25, 0.3) is 0 Å². The molecule has 4 N–H and O–H groups in total. The van der Waals surface area contributed by atoms with Crippen molar-refractivity contribution < 1.29 is 20.1 Å². The summed E-state index contributed by atoms with van der Waals surface area (Å²) in [5.74, 6) is -0.498. The van der Waals surface area contributed by atoms with Gasteiger partial charge in [0, 0.05) is 0 Å². The van der Waals surface area contributed by atoms with Gasteiger partial charge in [0.15, 0.2) is 0 Å². The maximum atomic E-state index is 12.5. The van der Waals surface area contributed by atoms with E-state index in [4.69, 9.17) is 0 Å². The quantitative estimate of drug-likeness (QED) is 0.0369. The zero-order valence-corrected chi connectivity index (χ0v) is 35.9. The van der Waals surface area contributed by atoms with Crippen LogP contribution < -0.4 is 5.32 Å². The predicted octanol–water partition coefficient (Wildman–Crippen LogP) is 14.0. The fraction of sp³-hybridized carbons (Fsp3) is 0.938. The second-order valence-corrected chi connectivity index (χ2v) is 16.7. The van der Waals surface area contributed by atoms with E-state index in [1.165, 1.54) is 212 Å². The number of hydrogen-bond donors (Lipinski definition) is 4. The predicted molar refractivity (Wildman–Crippen MR) is 232 cm³/mol. The molecule has 0 rings (SSSR count). The van der Waals surface area contributed by atoms with Crippen molar-refractivity contribution in [2.45, 2.75) is 283 Å². The average Bonchev–Trinajstić information content (AvgIpc) is 3.16. The van der Waals surface area contributed by atoms with Crippen LogP contribution in [0.25, 0.3) is 0 Å². The highest BCUT2D eigenvalue weighted by Gasteiger charge is 2.22. The van der Waals surface area contributed by atoms with Gasteiger partial charge in [0.1, 0.15) is 6.10 Å². The number of hydrogen-bond acceptors (Lipinski definition) is 4. The Hall–Kier alpha value is -0.910. The Morgan fingerprint density at radius 2 is 0.736 bits per heavy atom. The molecule has 0 radical (unpaired) electrons. The van der Waals surface area contributed by atoms with Gasteiger partial charge in [0.2, 0.25) is 5.91 Å². The molecule has 0 aliphatic carbocycles. The molecule has 0 saturated carbocycles. The van der Waals surface area contributed by atoms with Gasteiger partial charge < -0.3 is 20.6 Å². The average molecular weight is 750 g/mol. The highest BCUT2D eigenvalue weighted by Crippen LogP contribution is 2.17. The molecule has 0 aliphatic heterocycles. The number of aliphatic hydroxyl groups is 3. The summed E-state index contributed by atoms with van der Waals surface area (Å²) < 4.78 is 0. The Balaban J connectivity index is 3.61. The normalized spacial score (nSPS) is 13.5. The number of unbranched alkanes of at least 4 members (excludes halogenated alkanes) is 36. The molecule has 0 aliphatic rings. The SMILES string of the molecule is CCCCCCCCCCCCCCCCCCCCC/C=C/C(O)C(CO)NC(=O)C(O)CCCCCCCCCCCCCCCCCCCC. The van der Waals surface area contributed by atoms with Gasteiger partial charge in [-0.05, 0) is 19.3 Å². The smallest absolute Gasteiger partial charge is 0.249 e. The first kappa shape index (κ1) is 52.1. The highest BCUT2D eigenvalue weighted by atomic mass is 16.3. The van der Waals surface area contributed by atoms with Crippen molar-refractivity contribution in [2.75, 3.05) is 6.61 Å². The third kappa shape index (κ3) is 39.1. The minimum absolute atomic E-state index is 0.359. The van der Waals surface area contributed by atoms with Crippen LogP contribution in [0, 0.1) is 0 Å². The number of nitrogens with one attached hydrogen (secondary N) is 1. The molecule has 0 aromatic rings. The van der Waals surface area contributed by atoms with Gasteiger partial charge in [-0.1, -0.05) is 257 Å². The summed E-state index contributed by atoms with van der Waals surface area (Å²) in [6.45, 7) is 4.21. The van der Waals surface area contributed by atoms with Crippen LogP contribution in [0.4, 0.5) is 0 Å². The molecule has 53 heavy (non-hydrogen) atoms. The van der Waals surface area contributed by atoms with Crippen molar-refractivity contribution >= 4 is 5.91 Å². The fourth-order valence-corrected chi connectivity index (χ4v) is 7.60. The Labute approximate surface area is 331 Å². The molecule has 3 unspecified atom stereocenters. The van der Waals surface area contributed by atoms with Gasteiger partial charge in [-0.2, -0.15) is 0 Å². The van der Waals surface area contributed by atoms with Gasteiger partial charge >= 0.3 is 0 Å². The second-order valence-electron chi connectivity index (χ2n) is 16.7. The molecule has 0 bridgehead atoms. The molecule has 316 valence electrons. The lowest BCUT2D eigenvalue weighted by Crippen LogP contribution is -2.48. The Morgan fingerprint density at radius 3 is 1.04 bits per heavy atom.